The van der Waals surface area contributed by atoms with E-state index in [1.165, 1.54) is 56.9 Å². The van der Waals surface area contributed by atoms with E-state index < -0.39 is 0 Å². The van der Waals surface area contributed by atoms with E-state index >= 15 is 0 Å². The Labute approximate surface area is 163 Å². The van der Waals surface area contributed by atoms with Gasteiger partial charge >= 0.3 is 0 Å². The summed E-state index contributed by atoms with van der Waals surface area (Å²) in [5.74, 6) is 3.10. The van der Waals surface area contributed by atoms with Crippen molar-refractivity contribution in [1.29, 1.82) is 0 Å². The van der Waals surface area contributed by atoms with Gasteiger partial charge in [-0.2, -0.15) is 0 Å². The normalized spacial score (nSPS) is 30.7. The van der Waals surface area contributed by atoms with Crippen LogP contribution in [0.1, 0.15) is 110 Å². The van der Waals surface area contributed by atoms with E-state index in [0.717, 1.165) is 17.8 Å². The van der Waals surface area contributed by atoms with Gasteiger partial charge in [-0.25, -0.2) is 0 Å². The zero-order valence-corrected chi connectivity index (χ0v) is 18.6. The van der Waals surface area contributed by atoms with Gasteiger partial charge in [-0.05, 0) is 85.0 Å². The summed E-state index contributed by atoms with van der Waals surface area (Å²) in [6.45, 7) is 14.8. The SMILES string of the molecule is CC.CC.CC12CCCC1C1CCc3cc(O)ccc3C1CC2.CCC. The number of phenolic OH excluding ortho intramolecular Hbond substituents is 1. The zero-order chi connectivity index (χ0) is 19.7. The third-order valence-corrected chi connectivity index (χ3v) is 6.49. The van der Waals surface area contributed by atoms with E-state index in [1.807, 2.05) is 39.8 Å². The number of phenols is 1. The Bertz CT molecular complexity index is 521. The predicted octanol–water partition coefficient (Wildman–Crippen LogP) is 8.11. The molecule has 0 radical (unpaired) electrons. The molecule has 0 aromatic heterocycles. The van der Waals surface area contributed by atoms with Crippen molar-refractivity contribution in [1.82, 2.24) is 0 Å². The van der Waals surface area contributed by atoms with E-state index in [4.69, 9.17) is 0 Å². The Balaban J connectivity index is 0.000000431. The molecular formula is C25H44O. The van der Waals surface area contributed by atoms with Gasteiger partial charge in [-0.1, -0.05) is 67.4 Å². The lowest BCUT2D eigenvalue weighted by molar-refractivity contribution is 0.0598. The van der Waals surface area contributed by atoms with Crippen molar-refractivity contribution in [2.24, 2.45) is 17.3 Å². The van der Waals surface area contributed by atoms with Gasteiger partial charge in [-0.15, -0.1) is 0 Å². The molecule has 3 aliphatic carbocycles. The van der Waals surface area contributed by atoms with E-state index in [9.17, 15) is 5.11 Å². The van der Waals surface area contributed by atoms with Crippen LogP contribution < -0.4 is 0 Å². The number of hydrogen-bond donors (Lipinski definition) is 1. The summed E-state index contributed by atoms with van der Waals surface area (Å²) in [5, 5.41) is 9.68. The average molecular weight is 361 g/mol. The fourth-order valence-electron chi connectivity index (χ4n) is 5.56. The summed E-state index contributed by atoms with van der Waals surface area (Å²) in [5.41, 5.74) is 3.63. The highest BCUT2D eigenvalue weighted by Crippen LogP contribution is 2.60. The smallest absolute Gasteiger partial charge is 0.115 e. The van der Waals surface area contributed by atoms with E-state index in [2.05, 4.69) is 26.8 Å². The molecule has 4 rings (SSSR count). The van der Waals surface area contributed by atoms with Crippen LogP contribution in [0.15, 0.2) is 18.2 Å². The fourth-order valence-corrected chi connectivity index (χ4v) is 5.56. The maximum Gasteiger partial charge on any atom is 0.115 e. The van der Waals surface area contributed by atoms with E-state index in [1.54, 1.807) is 5.56 Å². The minimum Gasteiger partial charge on any atom is -0.508 e. The average Bonchev–Trinajstić information content (AvgIpc) is 3.07. The van der Waals surface area contributed by atoms with Crippen LogP contribution in [0.4, 0.5) is 0 Å². The highest BCUT2D eigenvalue weighted by molar-refractivity contribution is 5.40. The first-order valence-corrected chi connectivity index (χ1v) is 11.4. The molecule has 2 fully saturated rings. The highest BCUT2D eigenvalue weighted by atomic mass is 16.3. The number of fused-ring (bicyclic) bond motifs is 5. The molecule has 0 spiro atoms. The minimum atomic E-state index is 0.443. The summed E-state index contributed by atoms with van der Waals surface area (Å²) in [6.07, 6.45) is 10.9. The van der Waals surface area contributed by atoms with Crippen LogP contribution in [0.5, 0.6) is 5.75 Å². The Morgan fingerprint density at radius 2 is 1.65 bits per heavy atom. The molecule has 1 aromatic rings. The van der Waals surface area contributed by atoms with Crippen LogP contribution in [-0.4, -0.2) is 5.11 Å². The molecule has 0 saturated heterocycles. The first kappa shape index (κ1) is 23.1. The number of rotatable bonds is 0. The lowest BCUT2D eigenvalue weighted by Gasteiger charge is -2.49. The largest absolute Gasteiger partial charge is 0.508 e. The second-order valence-electron chi connectivity index (χ2n) is 8.09. The van der Waals surface area contributed by atoms with Gasteiger partial charge in [0.25, 0.3) is 0 Å². The molecular weight excluding hydrogens is 316 g/mol. The summed E-state index contributed by atoms with van der Waals surface area (Å²) in [4.78, 5) is 0. The molecule has 4 atom stereocenters. The van der Waals surface area contributed by atoms with E-state index in [-0.39, 0.29) is 0 Å². The van der Waals surface area contributed by atoms with Gasteiger partial charge in [0, 0.05) is 0 Å². The Hall–Kier alpha value is -0.980. The van der Waals surface area contributed by atoms with Crippen molar-refractivity contribution in [3.8, 4) is 5.75 Å². The topological polar surface area (TPSA) is 20.2 Å². The van der Waals surface area contributed by atoms with Gasteiger partial charge in [-0.3, -0.25) is 0 Å². The fraction of sp³-hybridized carbons (Fsp3) is 0.760. The molecule has 3 aliphatic rings. The summed E-state index contributed by atoms with van der Waals surface area (Å²) < 4.78 is 0. The van der Waals surface area contributed by atoms with Crippen molar-refractivity contribution < 1.29 is 5.11 Å². The third kappa shape index (κ3) is 4.84. The van der Waals surface area contributed by atoms with Crippen LogP contribution in [0, 0.1) is 17.3 Å². The summed E-state index contributed by atoms with van der Waals surface area (Å²) in [7, 11) is 0. The molecule has 0 bridgehead atoms. The first-order chi connectivity index (χ1) is 12.6. The van der Waals surface area contributed by atoms with Crippen molar-refractivity contribution in [3.63, 3.8) is 0 Å². The second kappa shape index (κ2) is 11.0. The summed E-state index contributed by atoms with van der Waals surface area (Å²) in [6, 6.07) is 6.11. The quantitative estimate of drug-likeness (QED) is 0.495. The molecule has 0 heterocycles. The molecule has 150 valence electrons. The van der Waals surface area contributed by atoms with Crippen LogP contribution in [-0.2, 0) is 6.42 Å². The van der Waals surface area contributed by atoms with Gasteiger partial charge in [0.05, 0.1) is 0 Å². The first-order valence-electron chi connectivity index (χ1n) is 11.4. The minimum absolute atomic E-state index is 0.443. The zero-order valence-electron chi connectivity index (χ0n) is 18.6. The predicted molar refractivity (Wildman–Crippen MR) is 116 cm³/mol. The molecule has 1 heteroatoms. The molecule has 2 saturated carbocycles. The monoisotopic (exact) mass is 360 g/mol. The standard InChI is InChI=1S/C18H24O.C3H8.2C2H6/c1-18-9-2-3-17(18)16-6-4-12-11-13(19)5-7-14(12)15(16)8-10-18;1-3-2;2*1-2/h5,7,11,15-17,19H,2-4,6,8-10H2,1H3;3H2,1-2H3;2*1-2H3. The van der Waals surface area contributed by atoms with Crippen molar-refractivity contribution in [3.05, 3.63) is 29.3 Å². The molecule has 26 heavy (non-hydrogen) atoms. The lowest BCUT2D eigenvalue weighted by Crippen LogP contribution is -2.39. The molecule has 1 nitrogen and oxygen atoms in total. The molecule has 1 aromatic carbocycles. The number of benzene rings is 1. The van der Waals surface area contributed by atoms with Crippen LogP contribution >= 0.6 is 0 Å². The number of hydrogen-bond acceptors (Lipinski definition) is 1. The molecule has 4 unspecified atom stereocenters. The van der Waals surface area contributed by atoms with Crippen LogP contribution in [0.2, 0.25) is 0 Å². The molecule has 0 aliphatic heterocycles. The lowest BCUT2D eigenvalue weighted by atomic mass is 9.56. The van der Waals surface area contributed by atoms with Crippen molar-refractivity contribution in [2.75, 3.05) is 0 Å². The van der Waals surface area contributed by atoms with Crippen LogP contribution in [0.25, 0.3) is 0 Å². The Kier molecular flexibility index (Phi) is 9.75. The van der Waals surface area contributed by atoms with Gasteiger partial charge < -0.3 is 5.11 Å². The second-order valence-corrected chi connectivity index (χ2v) is 8.09. The van der Waals surface area contributed by atoms with Gasteiger partial charge in [0.1, 0.15) is 5.75 Å². The van der Waals surface area contributed by atoms with Crippen molar-refractivity contribution in [2.45, 2.75) is 106 Å². The maximum absolute atomic E-state index is 9.68. The van der Waals surface area contributed by atoms with E-state index in [0.29, 0.717) is 11.2 Å². The van der Waals surface area contributed by atoms with Crippen molar-refractivity contribution >= 4 is 0 Å². The Morgan fingerprint density at radius 3 is 2.31 bits per heavy atom. The molecule has 0 amide bonds. The number of aromatic hydroxyl groups is 1. The van der Waals surface area contributed by atoms with Gasteiger partial charge in [0.2, 0.25) is 0 Å². The summed E-state index contributed by atoms with van der Waals surface area (Å²) >= 11 is 0. The van der Waals surface area contributed by atoms with Crippen LogP contribution in [0.3, 0.4) is 0 Å². The Morgan fingerprint density at radius 1 is 1.00 bits per heavy atom. The highest BCUT2D eigenvalue weighted by Gasteiger charge is 2.50. The number of aryl methyl sites for hydroxylation is 1. The maximum atomic E-state index is 9.68. The third-order valence-electron chi connectivity index (χ3n) is 6.49. The van der Waals surface area contributed by atoms with Gasteiger partial charge in [0.15, 0.2) is 0 Å². The molecule has 1 N–H and O–H groups in total.